The first-order chi connectivity index (χ1) is 10.3. The van der Waals surface area contributed by atoms with Crippen molar-refractivity contribution in [3.05, 3.63) is 0 Å². The molecule has 0 radical (unpaired) electrons. The third-order valence-corrected chi connectivity index (χ3v) is 3.43. The fourth-order valence-corrected chi connectivity index (χ4v) is 2.06. The third kappa shape index (κ3) is 11.5. The predicted molar refractivity (Wildman–Crippen MR) is 95.8 cm³/mol. The molecule has 0 rings (SSSR count). The van der Waals surface area contributed by atoms with Crippen LogP contribution in [0.4, 0.5) is 4.79 Å². The number of ether oxygens (including phenoxy) is 1. The maximum absolute atomic E-state index is 11.8. The highest BCUT2D eigenvalue weighted by atomic mass is 32.2. The molecule has 0 saturated heterocycles. The first-order valence-corrected chi connectivity index (χ1v) is 9.07. The number of likely N-dealkylation sites (N-methyl/N-ethyl adjacent to an activating group) is 1. The van der Waals surface area contributed by atoms with Crippen molar-refractivity contribution in [2.45, 2.75) is 39.2 Å². The Morgan fingerprint density at radius 2 is 1.86 bits per heavy atom. The van der Waals surface area contributed by atoms with Crippen LogP contribution in [0.15, 0.2) is 4.99 Å². The topological polar surface area (TPSA) is 66.0 Å². The first-order valence-electron chi connectivity index (χ1n) is 7.67. The summed E-state index contributed by atoms with van der Waals surface area (Å²) in [4.78, 5) is 17.5. The molecule has 0 atom stereocenters. The van der Waals surface area contributed by atoms with Gasteiger partial charge in [-0.2, -0.15) is 11.8 Å². The molecule has 130 valence electrons. The van der Waals surface area contributed by atoms with E-state index in [2.05, 4.69) is 21.9 Å². The van der Waals surface area contributed by atoms with Crippen molar-refractivity contribution < 1.29 is 9.53 Å². The molecule has 0 heterocycles. The van der Waals surface area contributed by atoms with Crippen molar-refractivity contribution in [2.75, 3.05) is 45.7 Å². The zero-order valence-corrected chi connectivity index (χ0v) is 15.7. The molecule has 6 nitrogen and oxygen atoms in total. The van der Waals surface area contributed by atoms with Crippen LogP contribution in [0, 0.1) is 0 Å². The first kappa shape index (κ1) is 20.9. The van der Waals surface area contributed by atoms with Gasteiger partial charge in [-0.3, -0.25) is 4.99 Å². The Hall–Kier alpha value is -1.11. The molecule has 22 heavy (non-hydrogen) atoms. The van der Waals surface area contributed by atoms with Crippen molar-refractivity contribution in [1.29, 1.82) is 0 Å². The van der Waals surface area contributed by atoms with Crippen LogP contribution in [0.2, 0.25) is 0 Å². The van der Waals surface area contributed by atoms with E-state index in [1.807, 2.05) is 32.5 Å². The molecule has 7 heteroatoms. The Morgan fingerprint density at radius 1 is 1.23 bits per heavy atom. The van der Waals surface area contributed by atoms with E-state index in [1.165, 1.54) is 12.2 Å². The summed E-state index contributed by atoms with van der Waals surface area (Å²) >= 11 is 1.87. The van der Waals surface area contributed by atoms with Crippen LogP contribution < -0.4 is 10.6 Å². The van der Waals surface area contributed by atoms with Crippen molar-refractivity contribution in [3.63, 3.8) is 0 Å². The molecule has 0 aromatic carbocycles. The fourth-order valence-electron chi connectivity index (χ4n) is 1.57. The summed E-state index contributed by atoms with van der Waals surface area (Å²) in [6, 6.07) is 0. The van der Waals surface area contributed by atoms with Gasteiger partial charge in [0.15, 0.2) is 5.96 Å². The summed E-state index contributed by atoms with van der Waals surface area (Å²) in [6.07, 6.45) is 4.13. The molecule has 0 bridgehead atoms. The summed E-state index contributed by atoms with van der Waals surface area (Å²) in [6.45, 7) is 7.67. The normalized spacial score (nSPS) is 12.0. The molecule has 0 aromatic rings. The van der Waals surface area contributed by atoms with E-state index in [9.17, 15) is 4.79 Å². The number of nitrogens with one attached hydrogen (secondary N) is 2. The van der Waals surface area contributed by atoms with E-state index in [4.69, 9.17) is 4.74 Å². The van der Waals surface area contributed by atoms with Crippen molar-refractivity contribution >= 4 is 23.8 Å². The second-order valence-corrected chi connectivity index (χ2v) is 7.01. The predicted octanol–water partition coefficient (Wildman–Crippen LogP) is 2.16. The largest absolute Gasteiger partial charge is 0.444 e. The zero-order chi connectivity index (χ0) is 17.0. The average molecular weight is 333 g/mol. The number of aliphatic imine (C=N–C) groups is 1. The number of carbonyl (C=O) groups excluding carboxylic acids is 1. The van der Waals surface area contributed by atoms with Crippen molar-refractivity contribution in [1.82, 2.24) is 15.5 Å². The van der Waals surface area contributed by atoms with Crippen LogP contribution in [0.1, 0.15) is 33.6 Å². The van der Waals surface area contributed by atoms with Gasteiger partial charge in [-0.25, -0.2) is 4.79 Å². The number of thioether (sulfide) groups is 1. The molecule has 0 aliphatic heterocycles. The average Bonchev–Trinajstić information content (AvgIpc) is 2.43. The molecule has 0 aromatic heterocycles. The number of rotatable bonds is 8. The smallest absolute Gasteiger partial charge is 0.410 e. The van der Waals surface area contributed by atoms with Gasteiger partial charge in [-0.05, 0) is 45.6 Å². The Balaban J connectivity index is 3.88. The molecule has 0 saturated carbocycles. The summed E-state index contributed by atoms with van der Waals surface area (Å²) in [7, 11) is 3.48. The van der Waals surface area contributed by atoms with E-state index in [0.29, 0.717) is 13.1 Å². The van der Waals surface area contributed by atoms with Crippen LogP contribution in [0.5, 0.6) is 0 Å². The highest BCUT2D eigenvalue weighted by Crippen LogP contribution is 2.08. The Kier molecular flexibility index (Phi) is 10.9. The number of guanidine groups is 1. The lowest BCUT2D eigenvalue weighted by molar-refractivity contribution is 0.0302. The third-order valence-electron chi connectivity index (χ3n) is 2.74. The lowest BCUT2D eigenvalue weighted by Gasteiger charge is -2.24. The molecule has 0 spiro atoms. The minimum absolute atomic E-state index is 0.311. The fraction of sp³-hybridized carbons (Fsp3) is 0.867. The Bertz CT molecular complexity index is 343. The number of amides is 1. The molecular weight excluding hydrogens is 300 g/mol. The second-order valence-electron chi connectivity index (χ2n) is 6.03. The maximum Gasteiger partial charge on any atom is 0.410 e. The van der Waals surface area contributed by atoms with Gasteiger partial charge in [-0.15, -0.1) is 0 Å². The summed E-state index contributed by atoms with van der Waals surface area (Å²) < 4.78 is 5.30. The number of carbonyl (C=O) groups is 1. The second kappa shape index (κ2) is 11.5. The van der Waals surface area contributed by atoms with Gasteiger partial charge < -0.3 is 20.3 Å². The molecule has 0 aliphatic carbocycles. The lowest BCUT2D eigenvalue weighted by Crippen LogP contribution is -2.43. The lowest BCUT2D eigenvalue weighted by atomic mass is 10.2. The minimum atomic E-state index is -0.465. The monoisotopic (exact) mass is 332 g/mol. The van der Waals surface area contributed by atoms with Gasteiger partial charge >= 0.3 is 6.09 Å². The molecule has 0 unspecified atom stereocenters. The number of hydrogen-bond acceptors (Lipinski definition) is 4. The van der Waals surface area contributed by atoms with E-state index >= 15 is 0 Å². The summed E-state index contributed by atoms with van der Waals surface area (Å²) in [5.74, 6) is 1.95. The Labute approximate surface area is 139 Å². The highest BCUT2D eigenvalue weighted by molar-refractivity contribution is 7.98. The quantitative estimate of drug-likeness (QED) is 0.405. The number of unbranched alkanes of at least 4 members (excludes halogenated alkanes) is 1. The Morgan fingerprint density at radius 3 is 2.41 bits per heavy atom. The van der Waals surface area contributed by atoms with Gasteiger partial charge in [0.2, 0.25) is 0 Å². The standard InChI is InChI=1S/C15H32N4O2S/c1-15(2,3)21-14(20)19(5)11-10-18-13(16-4)17-9-7-8-12-22-6/h7-12H2,1-6H3,(H2,16,17,18). The molecule has 0 fully saturated rings. The zero-order valence-electron chi connectivity index (χ0n) is 14.9. The molecular formula is C15H32N4O2S. The number of nitrogens with zero attached hydrogens (tertiary/aromatic N) is 2. The van der Waals surface area contributed by atoms with Crippen LogP contribution in [0.3, 0.4) is 0 Å². The van der Waals surface area contributed by atoms with Crippen LogP contribution in [-0.2, 0) is 4.74 Å². The van der Waals surface area contributed by atoms with Gasteiger partial charge in [-0.1, -0.05) is 0 Å². The molecule has 1 amide bonds. The van der Waals surface area contributed by atoms with Crippen LogP contribution in [0.25, 0.3) is 0 Å². The van der Waals surface area contributed by atoms with E-state index in [0.717, 1.165) is 18.9 Å². The molecule has 0 aliphatic rings. The van der Waals surface area contributed by atoms with Gasteiger partial charge in [0.1, 0.15) is 5.60 Å². The van der Waals surface area contributed by atoms with Crippen LogP contribution >= 0.6 is 11.8 Å². The van der Waals surface area contributed by atoms with E-state index in [1.54, 1.807) is 19.0 Å². The molecule has 2 N–H and O–H groups in total. The summed E-state index contributed by atoms with van der Waals surface area (Å²) in [5, 5.41) is 6.46. The van der Waals surface area contributed by atoms with E-state index in [-0.39, 0.29) is 6.09 Å². The number of hydrogen-bond donors (Lipinski definition) is 2. The minimum Gasteiger partial charge on any atom is -0.444 e. The van der Waals surface area contributed by atoms with Crippen LogP contribution in [-0.4, -0.2) is 68.3 Å². The highest BCUT2D eigenvalue weighted by Gasteiger charge is 2.19. The SMILES string of the molecule is CN=C(NCCCCSC)NCCN(C)C(=O)OC(C)(C)C. The van der Waals surface area contributed by atoms with E-state index < -0.39 is 5.60 Å². The maximum atomic E-state index is 11.8. The van der Waals surface area contributed by atoms with Gasteiger partial charge in [0, 0.05) is 33.7 Å². The van der Waals surface area contributed by atoms with Gasteiger partial charge in [0.25, 0.3) is 0 Å². The van der Waals surface area contributed by atoms with Crippen molar-refractivity contribution in [3.8, 4) is 0 Å². The summed E-state index contributed by atoms with van der Waals surface area (Å²) in [5.41, 5.74) is -0.465. The van der Waals surface area contributed by atoms with Gasteiger partial charge in [0.05, 0.1) is 0 Å². The van der Waals surface area contributed by atoms with Crippen molar-refractivity contribution in [2.24, 2.45) is 4.99 Å².